The number of aryl methyl sites for hydroxylation is 3. The quantitative estimate of drug-likeness (QED) is 0.810. The average Bonchev–Trinajstić information content (AvgIpc) is 2.55. The predicted octanol–water partition coefficient (Wildman–Crippen LogP) is 2.88. The molecule has 0 bridgehead atoms. The molecule has 0 aliphatic heterocycles. The number of aromatic nitrogens is 2. The third-order valence-corrected chi connectivity index (χ3v) is 3.91. The summed E-state index contributed by atoms with van der Waals surface area (Å²) in [4.78, 5) is 23.4. The molecule has 0 unspecified atom stereocenters. The molecule has 1 aromatic carbocycles. The molecule has 2 aromatic rings. The number of carbonyl (C=O) groups is 1. The van der Waals surface area contributed by atoms with Gasteiger partial charge in [-0.05, 0) is 45.5 Å². The molecule has 0 spiro atoms. The number of benzene rings is 1. The number of nitrogens with zero attached hydrogens (tertiary/aromatic N) is 3. The second-order valence-electron chi connectivity index (χ2n) is 6.33. The minimum atomic E-state index is -0.217. The lowest BCUT2D eigenvalue weighted by molar-refractivity contribution is 0.102. The molecule has 0 aliphatic carbocycles. The van der Waals surface area contributed by atoms with Gasteiger partial charge < -0.3 is 15.5 Å². The van der Waals surface area contributed by atoms with Crippen molar-refractivity contribution in [3.63, 3.8) is 0 Å². The van der Waals surface area contributed by atoms with E-state index in [1.54, 1.807) is 13.0 Å². The first-order valence-electron chi connectivity index (χ1n) is 8.54. The number of amides is 1. The van der Waals surface area contributed by atoms with Crippen LogP contribution < -0.4 is 10.6 Å². The fraction of sp³-hybridized carbons (Fsp3) is 0.421. The molecule has 0 saturated heterocycles. The van der Waals surface area contributed by atoms with Crippen molar-refractivity contribution in [2.75, 3.05) is 37.8 Å². The van der Waals surface area contributed by atoms with Crippen LogP contribution in [-0.4, -0.2) is 48.0 Å². The van der Waals surface area contributed by atoms with E-state index in [9.17, 15) is 4.79 Å². The molecule has 0 aliphatic rings. The van der Waals surface area contributed by atoms with E-state index in [-0.39, 0.29) is 5.91 Å². The fourth-order valence-electron chi connectivity index (χ4n) is 2.56. The van der Waals surface area contributed by atoms with E-state index in [1.807, 2.05) is 39.2 Å². The summed E-state index contributed by atoms with van der Waals surface area (Å²) in [6.45, 7) is 7.50. The topological polar surface area (TPSA) is 70.2 Å². The summed E-state index contributed by atoms with van der Waals surface area (Å²) in [5.41, 5.74) is 3.39. The molecular weight excluding hydrogens is 314 g/mol. The number of nitrogens with one attached hydrogen (secondary N) is 2. The first-order chi connectivity index (χ1) is 11.9. The summed E-state index contributed by atoms with van der Waals surface area (Å²) in [5, 5.41) is 6.25. The lowest BCUT2D eigenvalue weighted by atomic mass is 10.1. The highest BCUT2D eigenvalue weighted by atomic mass is 16.1. The maximum atomic E-state index is 12.7. The number of rotatable bonds is 7. The van der Waals surface area contributed by atoms with E-state index < -0.39 is 0 Å². The summed E-state index contributed by atoms with van der Waals surface area (Å²) >= 11 is 0. The Morgan fingerprint density at radius 3 is 2.64 bits per heavy atom. The van der Waals surface area contributed by atoms with E-state index in [0.29, 0.717) is 17.3 Å². The average molecular weight is 341 g/mol. The van der Waals surface area contributed by atoms with E-state index in [0.717, 1.165) is 36.3 Å². The van der Waals surface area contributed by atoms with Gasteiger partial charge in [-0.2, -0.15) is 0 Å². The number of hydrogen-bond acceptors (Lipinski definition) is 5. The highest BCUT2D eigenvalue weighted by Crippen LogP contribution is 2.22. The maximum Gasteiger partial charge on any atom is 0.274 e. The molecule has 1 aromatic heterocycles. The minimum absolute atomic E-state index is 0.217. The van der Waals surface area contributed by atoms with Crippen LogP contribution in [0.4, 0.5) is 11.5 Å². The normalized spacial score (nSPS) is 10.8. The van der Waals surface area contributed by atoms with Gasteiger partial charge >= 0.3 is 0 Å². The molecule has 1 heterocycles. The Bertz CT molecular complexity index is 743. The summed E-state index contributed by atoms with van der Waals surface area (Å²) < 4.78 is 0. The van der Waals surface area contributed by atoms with Crippen LogP contribution in [0.1, 0.15) is 34.4 Å². The van der Waals surface area contributed by atoms with Crippen molar-refractivity contribution >= 4 is 17.4 Å². The van der Waals surface area contributed by atoms with Crippen molar-refractivity contribution in [1.82, 2.24) is 14.9 Å². The molecule has 0 radical (unpaired) electrons. The standard InChI is InChI=1S/C19H27N5O/c1-6-15-9-7-8-13(2)18(15)23-19(25)16-12-17(22-14(3)21-16)20-10-11-24(4)5/h7-9,12H,6,10-11H2,1-5H3,(H,23,25)(H,20,21,22). The van der Waals surface area contributed by atoms with Crippen LogP contribution in [0.2, 0.25) is 0 Å². The number of hydrogen-bond donors (Lipinski definition) is 2. The van der Waals surface area contributed by atoms with Crippen LogP contribution in [-0.2, 0) is 6.42 Å². The van der Waals surface area contributed by atoms with Gasteiger partial charge in [-0.3, -0.25) is 4.79 Å². The van der Waals surface area contributed by atoms with Crippen molar-refractivity contribution in [2.45, 2.75) is 27.2 Å². The number of anilines is 2. The molecule has 6 heteroatoms. The maximum absolute atomic E-state index is 12.7. The fourth-order valence-corrected chi connectivity index (χ4v) is 2.56. The minimum Gasteiger partial charge on any atom is -0.369 e. The number of carbonyl (C=O) groups excluding carboxylic acids is 1. The molecule has 2 N–H and O–H groups in total. The van der Waals surface area contributed by atoms with Crippen LogP contribution in [0.3, 0.4) is 0 Å². The Kier molecular flexibility index (Phi) is 6.47. The zero-order chi connectivity index (χ0) is 18.4. The largest absolute Gasteiger partial charge is 0.369 e. The van der Waals surface area contributed by atoms with Gasteiger partial charge in [0, 0.05) is 24.8 Å². The van der Waals surface area contributed by atoms with Crippen LogP contribution in [0, 0.1) is 13.8 Å². The lowest BCUT2D eigenvalue weighted by Crippen LogP contribution is -2.22. The lowest BCUT2D eigenvalue weighted by Gasteiger charge is -2.14. The van der Waals surface area contributed by atoms with Gasteiger partial charge in [-0.25, -0.2) is 9.97 Å². The van der Waals surface area contributed by atoms with Gasteiger partial charge in [0.15, 0.2) is 0 Å². The summed E-state index contributed by atoms with van der Waals surface area (Å²) in [5.74, 6) is 1.02. The van der Waals surface area contributed by atoms with E-state index in [1.165, 1.54) is 0 Å². The van der Waals surface area contributed by atoms with Gasteiger partial charge in [0.1, 0.15) is 17.3 Å². The smallest absolute Gasteiger partial charge is 0.274 e. The van der Waals surface area contributed by atoms with Gasteiger partial charge in [0.2, 0.25) is 0 Å². The Hall–Kier alpha value is -2.47. The summed E-state index contributed by atoms with van der Waals surface area (Å²) in [7, 11) is 4.03. The highest BCUT2D eigenvalue weighted by molar-refractivity contribution is 6.04. The molecule has 25 heavy (non-hydrogen) atoms. The molecular formula is C19H27N5O. The van der Waals surface area contributed by atoms with Crippen LogP contribution in [0.5, 0.6) is 0 Å². The molecule has 6 nitrogen and oxygen atoms in total. The van der Waals surface area contributed by atoms with Crippen LogP contribution in [0.25, 0.3) is 0 Å². The van der Waals surface area contributed by atoms with Crippen molar-refractivity contribution < 1.29 is 4.79 Å². The molecule has 0 fully saturated rings. The van der Waals surface area contributed by atoms with E-state index in [4.69, 9.17) is 0 Å². The zero-order valence-corrected chi connectivity index (χ0v) is 15.7. The summed E-state index contributed by atoms with van der Waals surface area (Å²) in [6, 6.07) is 7.73. The summed E-state index contributed by atoms with van der Waals surface area (Å²) in [6.07, 6.45) is 0.859. The molecule has 1 amide bonds. The Morgan fingerprint density at radius 1 is 1.20 bits per heavy atom. The first kappa shape index (κ1) is 18.9. The van der Waals surface area contributed by atoms with E-state index >= 15 is 0 Å². The van der Waals surface area contributed by atoms with Gasteiger partial charge in [-0.15, -0.1) is 0 Å². The number of para-hydroxylation sites is 1. The van der Waals surface area contributed by atoms with Crippen molar-refractivity contribution in [1.29, 1.82) is 0 Å². The van der Waals surface area contributed by atoms with Crippen molar-refractivity contribution in [3.05, 3.63) is 46.9 Å². The third-order valence-electron chi connectivity index (χ3n) is 3.91. The van der Waals surface area contributed by atoms with Gasteiger partial charge in [-0.1, -0.05) is 25.1 Å². The molecule has 0 saturated carbocycles. The van der Waals surface area contributed by atoms with Gasteiger partial charge in [0.05, 0.1) is 0 Å². The number of likely N-dealkylation sites (N-methyl/N-ethyl adjacent to an activating group) is 1. The van der Waals surface area contributed by atoms with Crippen LogP contribution in [0.15, 0.2) is 24.3 Å². The predicted molar refractivity (Wildman–Crippen MR) is 102 cm³/mol. The Morgan fingerprint density at radius 2 is 1.96 bits per heavy atom. The molecule has 2 rings (SSSR count). The first-order valence-corrected chi connectivity index (χ1v) is 8.54. The second kappa shape index (κ2) is 8.58. The third kappa shape index (κ3) is 5.26. The van der Waals surface area contributed by atoms with Crippen molar-refractivity contribution in [3.8, 4) is 0 Å². The van der Waals surface area contributed by atoms with Crippen molar-refractivity contribution in [2.24, 2.45) is 0 Å². The second-order valence-corrected chi connectivity index (χ2v) is 6.33. The zero-order valence-electron chi connectivity index (χ0n) is 15.7. The van der Waals surface area contributed by atoms with Gasteiger partial charge in [0.25, 0.3) is 5.91 Å². The molecule has 0 atom stereocenters. The molecule has 134 valence electrons. The Labute approximate surface area is 149 Å². The monoisotopic (exact) mass is 341 g/mol. The Balaban J connectivity index is 2.18. The van der Waals surface area contributed by atoms with Crippen LogP contribution >= 0.6 is 0 Å². The SMILES string of the molecule is CCc1cccc(C)c1NC(=O)c1cc(NCCN(C)C)nc(C)n1. The van der Waals surface area contributed by atoms with E-state index in [2.05, 4.69) is 32.4 Å². The highest BCUT2D eigenvalue weighted by Gasteiger charge is 2.14.